The van der Waals surface area contributed by atoms with Crippen LogP contribution in [0.25, 0.3) is 16.2 Å². The van der Waals surface area contributed by atoms with Gasteiger partial charge in [0.25, 0.3) is 11.7 Å². The number of carbonyl (C=O) groups is 1. The van der Waals surface area contributed by atoms with Gasteiger partial charge in [0.1, 0.15) is 6.20 Å². The van der Waals surface area contributed by atoms with Crippen molar-refractivity contribution in [3.8, 4) is 17.5 Å². The van der Waals surface area contributed by atoms with E-state index in [0.717, 1.165) is 6.42 Å². The lowest BCUT2D eigenvalue weighted by atomic mass is 9.98. The fourth-order valence-corrected chi connectivity index (χ4v) is 3.92. The number of nitriles is 1. The van der Waals surface area contributed by atoms with Crippen molar-refractivity contribution in [1.82, 2.24) is 19.8 Å². The molecule has 0 aliphatic carbocycles. The van der Waals surface area contributed by atoms with E-state index in [1.807, 2.05) is 6.92 Å². The van der Waals surface area contributed by atoms with Crippen LogP contribution in [0.3, 0.4) is 0 Å². The summed E-state index contributed by atoms with van der Waals surface area (Å²) in [6, 6.07) is 3.46. The first kappa shape index (κ1) is 16.1. The summed E-state index contributed by atoms with van der Waals surface area (Å²) in [7, 11) is 0. The summed E-state index contributed by atoms with van der Waals surface area (Å²) < 4.78 is 5.66. The van der Waals surface area contributed by atoms with Gasteiger partial charge in [-0.25, -0.2) is 4.98 Å². The van der Waals surface area contributed by atoms with Crippen LogP contribution in [-0.2, 0) is 0 Å². The van der Waals surface area contributed by atoms with E-state index in [0.29, 0.717) is 30.3 Å². The van der Waals surface area contributed by atoms with Crippen LogP contribution < -0.4 is 0 Å². The Hall–Kier alpha value is -3.39. The Labute approximate surface area is 150 Å². The van der Waals surface area contributed by atoms with Gasteiger partial charge in [0, 0.05) is 30.6 Å². The number of carbonyl (C=O) groups excluding carboxylic acids is 1. The van der Waals surface area contributed by atoms with Crippen LogP contribution in [0.15, 0.2) is 28.9 Å². The van der Waals surface area contributed by atoms with Crippen molar-refractivity contribution in [3.63, 3.8) is 0 Å². The van der Waals surface area contributed by atoms with E-state index in [4.69, 9.17) is 11.0 Å². The number of aromatic nitrogens is 2. The quantitative estimate of drug-likeness (QED) is 0.611. The van der Waals surface area contributed by atoms with Gasteiger partial charge in [0.05, 0.1) is 12.2 Å². The fraction of sp³-hybridized carbons (Fsp3) is 0.389. The van der Waals surface area contributed by atoms with Crippen LogP contribution in [-0.4, -0.2) is 50.8 Å². The Morgan fingerprint density at radius 3 is 3.12 bits per heavy atom. The predicted octanol–water partition coefficient (Wildman–Crippen LogP) is 2.30. The van der Waals surface area contributed by atoms with E-state index < -0.39 is 0 Å². The highest BCUT2D eigenvalue weighted by Gasteiger charge is 2.48. The zero-order chi connectivity index (χ0) is 18.3. The van der Waals surface area contributed by atoms with E-state index in [2.05, 4.69) is 21.0 Å². The van der Waals surface area contributed by atoms with Gasteiger partial charge in [0.2, 0.25) is 0 Å². The van der Waals surface area contributed by atoms with Crippen LogP contribution in [0.5, 0.6) is 0 Å². The molecule has 0 saturated carbocycles. The Kier molecular flexibility index (Phi) is 3.81. The smallest absolute Gasteiger partial charge is 0.310 e. The van der Waals surface area contributed by atoms with Crippen LogP contribution in [0, 0.1) is 23.9 Å². The molecular formula is C18H16N6O2. The lowest BCUT2D eigenvalue weighted by Crippen LogP contribution is -2.39. The van der Waals surface area contributed by atoms with Crippen molar-refractivity contribution >= 4 is 11.7 Å². The van der Waals surface area contributed by atoms with Gasteiger partial charge in [-0.05, 0) is 25.5 Å². The van der Waals surface area contributed by atoms with E-state index in [1.165, 1.54) is 12.4 Å². The minimum absolute atomic E-state index is 0.0159. The predicted molar refractivity (Wildman–Crippen MR) is 90.7 cm³/mol. The van der Waals surface area contributed by atoms with Crippen molar-refractivity contribution in [3.05, 3.63) is 41.8 Å². The third-order valence-electron chi connectivity index (χ3n) is 5.32. The fourth-order valence-electron chi connectivity index (χ4n) is 3.92. The first-order chi connectivity index (χ1) is 12.6. The van der Waals surface area contributed by atoms with E-state index >= 15 is 0 Å². The molecule has 4 heterocycles. The van der Waals surface area contributed by atoms with Gasteiger partial charge in [-0.3, -0.25) is 4.79 Å². The summed E-state index contributed by atoms with van der Waals surface area (Å²) in [5.74, 6) is 0.759. The summed E-state index contributed by atoms with van der Waals surface area (Å²) >= 11 is 0. The normalized spacial score (nSPS) is 24.2. The maximum absolute atomic E-state index is 12.9. The Morgan fingerprint density at radius 2 is 2.35 bits per heavy atom. The standard InChI is InChI=1S/C18H16N6O2/c1-11-13-4-6-24(14(13)9-23(11)10-19)18(25)17-22-8-15(26-17)12-3-5-21-16(7-12)20-2/h3,5,7-8,11,13-14H,4,6,9H2,1H3/t11-,13-,14+/m0/s1. The summed E-state index contributed by atoms with van der Waals surface area (Å²) in [4.78, 5) is 27.7. The molecule has 0 aromatic carbocycles. The average molecular weight is 348 g/mol. The zero-order valence-corrected chi connectivity index (χ0v) is 14.2. The van der Waals surface area contributed by atoms with Crippen molar-refractivity contribution in [1.29, 1.82) is 5.26 Å². The van der Waals surface area contributed by atoms with Crippen LogP contribution in [0.2, 0.25) is 0 Å². The van der Waals surface area contributed by atoms with E-state index in [-0.39, 0.29) is 29.7 Å². The minimum Gasteiger partial charge on any atom is -0.432 e. The lowest BCUT2D eigenvalue weighted by Gasteiger charge is -2.22. The van der Waals surface area contributed by atoms with Gasteiger partial charge >= 0.3 is 5.91 Å². The molecule has 0 N–H and O–H groups in total. The van der Waals surface area contributed by atoms with Gasteiger partial charge in [-0.15, -0.1) is 4.98 Å². The van der Waals surface area contributed by atoms with E-state index in [9.17, 15) is 10.1 Å². The molecule has 2 aliphatic heterocycles. The number of amides is 1. The molecule has 0 unspecified atom stereocenters. The maximum atomic E-state index is 12.9. The molecule has 2 aromatic rings. The van der Waals surface area contributed by atoms with Gasteiger partial charge < -0.3 is 19.1 Å². The second kappa shape index (κ2) is 6.16. The van der Waals surface area contributed by atoms with Crippen molar-refractivity contribution in [2.24, 2.45) is 5.92 Å². The molecule has 8 nitrogen and oxygen atoms in total. The number of hydrogen-bond donors (Lipinski definition) is 0. The molecule has 2 saturated heterocycles. The van der Waals surface area contributed by atoms with Crippen molar-refractivity contribution < 1.29 is 9.21 Å². The summed E-state index contributed by atoms with van der Waals surface area (Å²) in [6.07, 6.45) is 6.09. The van der Waals surface area contributed by atoms with E-state index in [1.54, 1.807) is 21.9 Å². The van der Waals surface area contributed by atoms with Crippen molar-refractivity contribution in [2.45, 2.75) is 25.4 Å². The topological polar surface area (TPSA) is 90.6 Å². The first-order valence-corrected chi connectivity index (χ1v) is 8.39. The lowest BCUT2D eigenvalue weighted by molar-refractivity contribution is 0.0692. The molecule has 0 bridgehead atoms. The zero-order valence-electron chi connectivity index (χ0n) is 14.2. The molecule has 130 valence electrons. The molecule has 3 atom stereocenters. The second-order valence-electron chi connectivity index (χ2n) is 6.56. The van der Waals surface area contributed by atoms with Gasteiger partial charge in [0.15, 0.2) is 12.0 Å². The molecule has 0 radical (unpaired) electrons. The second-order valence-corrected chi connectivity index (χ2v) is 6.56. The number of fused-ring (bicyclic) bond motifs is 1. The number of likely N-dealkylation sites (tertiary alicyclic amines) is 2. The highest BCUT2D eigenvalue weighted by Crippen LogP contribution is 2.36. The summed E-state index contributed by atoms with van der Waals surface area (Å²) in [6.45, 7) is 10.3. The summed E-state index contributed by atoms with van der Waals surface area (Å²) in [5, 5.41) is 9.22. The van der Waals surface area contributed by atoms with Crippen LogP contribution in [0.1, 0.15) is 24.0 Å². The van der Waals surface area contributed by atoms with Gasteiger partial charge in [-0.1, -0.05) is 6.57 Å². The average Bonchev–Trinajstić information content (AvgIpc) is 3.38. The molecule has 2 aliphatic rings. The molecule has 2 fully saturated rings. The summed E-state index contributed by atoms with van der Waals surface area (Å²) in [5.41, 5.74) is 0.655. The van der Waals surface area contributed by atoms with Crippen molar-refractivity contribution in [2.75, 3.05) is 13.1 Å². The minimum atomic E-state index is -0.254. The molecular weight excluding hydrogens is 332 g/mol. The molecule has 4 rings (SSSR count). The number of rotatable bonds is 2. The molecule has 26 heavy (non-hydrogen) atoms. The Bertz CT molecular complexity index is 940. The molecule has 8 heteroatoms. The largest absolute Gasteiger partial charge is 0.432 e. The third-order valence-corrected chi connectivity index (χ3v) is 5.32. The Morgan fingerprint density at radius 1 is 1.50 bits per heavy atom. The SMILES string of the molecule is [C-]#[N+]c1cc(-c2cnc(C(=O)N3CC[C@@H]4[C@H]3CN(C#N)[C@H]4C)o2)ccn1. The van der Waals surface area contributed by atoms with Gasteiger partial charge in [-0.2, -0.15) is 5.26 Å². The number of pyridine rings is 1. The Balaban J connectivity index is 1.56. The number of oxazole rings is 1. The molecule has 2 aromatic heterocycles. The monoisotopic (exact) mass is 348 g/mol. The van der Waals surface area contributed by atoms with Crippen LogP contribution in [0.4, 0.5) is 5.82 Å². The highest BCUT2D eigenvalue weighted by atomic mass is 16.4. The number of nitrogens with zero attached hydrogens (tertiary/aromatic N) is 6. The maximum Gasteiger partial charge on any atom is 0.310 e. The first-order valence-electron chi connectivity index (χ1n) is 8.39. The molecule has 0 spiro atoms. The number of hydrogen-bond acceptors (Lipinski definition) is 6. The molecule has 1 amide bonds. The third kappa shape index (κ3) is 2.47. The van der Waals surface area contributed by atoms with Crippen LogP contribution >= 0.6 is 0 Å². The highest BCUT2D eigenvalue weighted by molar-refractivity contribution is 5.90.